The van der Waals surface area contributed by atoms with Gasteiger partial charge in [-0.15, -0.1) is 0 Å². The molecular formula is C27H30N4O2. The molecule has 1 N–H and O–H groups in total. The fraction of sp³-hybridized carbons (Fsp3) is 0.333. The molecule has 5 rings (SSSR count). The number of nitrogens with one attached hydrogen (secondary N) is 1. The van der Waals surface area contributed by atoms with Crippen LogP contribution in [0, 0.1) is 5.92 Å². The first-order chi connectivity index (χ1) is 16.3. The third-order valence-electron chi connectivity index (χ3n) is 6.56. The minimum absolute atomic E-state index is 0.000875. The fourth-order valence-electron chi connectivity index (χ4n) is 4.71. The highest BCUT2D eigenvalue weighted by Gasteiger charge is 2.22. The van der Waals surface area contributed by atoms with Gasteiger partial charge in [0.25, 0.3) is 5.91 Å². The van der Waals surface area contributed by atoms with Gasteiger partial charge < -0.3 is 19.2 Å². The molecule has 1 saturated heterocycles. The molecule has 0 unspecified atom stereocenters. The third-order valence-corrected chi connectivity index (χ3v) is 6.56. The van der Waals surface area contributed by atoms with Crippen molar-refractivity contribution >= 4 is 16.9 Å². The number of likely N-dealkylation sites (tertiary alicyclic amines) is 1. The molecule has 0 saturated carbocycles. The van der Waals surface area contributed by atoms with E-state index in [2.05, 4.69) is 33.0 Å². The fourth-order valence-corrected chi connectivity index (χ4v) is 4.71. The molecule has 6 nitrogen and oxygen atoms in total. The van der Waals surface area contributed by atoms with Crippen molar-refractivity contribution in [2.75, 3.05) is 26.2 Å². The van der Waals surface area contributed by atoms with Gasteiger partial charge in [0, 0.05) is 25.1 Å². The van der Waals surface area contributed by atoms with Gasteiger partial charge in [0.15, 0.2) is 0 Å². The average molecular weight is 443 g/mol. The molecule has 0 radical (unpaired) electrons. The second kappa shape index (κ2) is 10.0. The molecule has 33 heavy (non-hydrogen) atoms. The van der Waals surface area contributed by atoms with Crippen molar-refractivity contribution in [3.63, 3.8) is 0 Å². The minimum atomic E-state index is 0.000875. The second-order valence-corrected chi connectivity index (χ2v) is 8.79. The topological polar surface area (TPSA) is 63.3 Å². The van der Waals surface area contributed by atoms with Crippen molar-refractivity contribution in [1.29, 1.82) is 0 Å². The van der Waals surface area contributed by atoms with Gasteiger partial charge in [-0.1, -0.05) is 30.3 Å². The number of aromatic nitrogens is 2. The number of imidazole rings is 1. The maximum absolute atomic E-state index is 12.2. The first-order valence-corrected chi connectivity index (χ1v) is 11.8. The van der Waals surface area contributed by atoms with Crippen molar-refractivity contribution in [3.05, 3.63) is 90.1 Å². The van der Waals surface area contributed by atoms with Crippen molar-refractivity contribution < 1.29 is 9.21 Å². The van der Waals surface area contributed by atoms with Crippen LogP contribution in [0.1, 0.15) is 34.8 Å². The number of amides is 1. The lowest BCUT2D eigenvalue weighted by Gasteiger charge is -2.31. The van der Waals surface area contributed by atoms with Crippen LogP contribution in [0.15, 0.2) is 77.4 Å². The predicted molar refractivity (Wildman–Crippen MR) is 129 cm³/mol. The number of hydrogen-bond donors (Lipinski definition) is 1. The molecule has 1 aliphatic heterocycles. The van der Waals surface area contributed by atoms with Crippen LogP contribution >= 0.6 is 0 Å². The summed E-state index contributed by atoms with van der Waals surface area (Å²) in [6.45, 7) is 4.40. The predicted octanol–water partition coefficient (Wildman–Crippen LogP) is 4.36. The summed E-state index contributed by atoms with van der Waals surface area (Å²) < 4.78 is 7.92. The summed E-state index contributed by atoms with van der Waals surface area (Å²) in [4.78, 5) is 19.6. The van der Waals surface area contributed by atoms with Crippen LogP contribution < -0.4 is 5.32 Å². The van der Waals surface area contributed by atoms with Crippen LogP contribution in [0.5, 0.6) is 0 Å². The highest BCUT2D eigenvalue weighted by Crippen LogP contribution is 2.25. The molecular weight excluding hydrogens is 412 g/mol. The summed E-state index contributed by atoms with van der Waals surface area (Å²) in [6, 6.07) is 21.7. The van der Waals surface area contributed by atoms with Crippen LogP contribution in [0.3, 0.4) is 0 Å². The number of hydrogen-bond acceptors (Lipinski definition) is 4. The number of rotatable bonds is 8. The van der Waals surface area contributed by atoms with E-state index in [0.717, 1.165) is 61.5 Å². The first-order valence-electron chi connectivity index (χ1n) is 11.8. The minimum Gasteiger partial charge on any atom is -0.467 e. The Bertz CT molecular complexity index is 1180. The molecule has 6 heteroatoms. The highest BCUT2D eigenvalue weighted by atomic mass is 16.3. The smallest absolute Gasteiger partial charge is 0.251 e. The maximum atomic E-state index is 12.2. The van der Waals surface area contributed by atoms with E-state index < -0.39 is 0 Å². The lowest BCUT2D eigenvalue weighted by molar-refractivity contribution is 0.0944. The van der Waals surface area contributed by atoms with Crippen LogP contribution in [-0.4, -0.2) is 46.5 Å². The number of para-hydroxylation sites is 2. The molecule has 2 aromatic heterocycles. The van der Waals surface area contributed by atoms with Crippen LogP contribution in [0.2, 0.25) is 0 Å². The van der Waals surface area contributed by atoms with E-state index in [1.165, 1.54) is 0 Å². The van der Waals surface area contributed by atoms with E-state index in [1.807, 2.05) is 48.5 Å². The molecule has 0 bridgehead atoms. The lowest BCUT2D eigenvalue weighted by atomic mass is 9.93. The highest BCUT2D eigenvalue weighted by molar-refractivity contribution is 5.94. The second-order valence-electron chi connectivity index (χ2n) is 8.79. The van der Waals surface area contributed by atoms with Crippen molar-refractivity contribution in [2.24, 2.45) is 5.92 Å². The van der Waals surface area contributed by atoms with Gasteiger partial charge in [0.05, 0.1) is 23.8 Å². The van der Waals surface area contributed by atoms with E-state index in [9.17, 15) is 4.79 Å². The van der Waals surface area contributed by atoms with E-state index >= 15 is 0 Å². The molecule has 1 fully saturated rings. The Hall–Kier alpha value is -3.38. The molecule has 4 aromatic rings. The number of carbonyl (C=O) groups is 1. The summed E-state index contributed by atoms with van der Waals surface area (Å²) >= 11 is 0. The molecule has 0 atom stereocenters. The number of fused-ring (bicyclic) bond motifs is 1. The third kappa shape index (κ3) is 5.17. The summed E-state index contributed by atoms with van der Waals surface area (Å²) in [5.41, 5.74) is 2.93. The maximum Gasteiger partial charge on any atom is 0.251 e. The van der Waals surface area contributed by atoms with Crippen molar-refractivity contribution in [2.45, 2.75) is 25.8 Å². The Morgan fingerprint density at radius 1 is 1.00 bits per heavy atom. The quantitative estimate of drug-likeness (QED) is 0.440. The Labute approximate surface area is 194 Å². The zero-order valence-corrected chi connectivity index (χ0v) is 18.8. The van der Waals surface area contributed by atoms with Gasteiger partial charge in [-0.05, 0) is 68.2 Å². The zero-order valence-electron chi connectivity index (χ0n) is 18.8. The average Bonchev–Trinajstić information content (AvgIpc) is 3.49. The van der Waals surface area contributed by atoms with Gasteiger partial charge >= 0.3 is 0 Å². The molecule has 2 aromatic carbocycles. The number of carbonyl (C=O) groups excluding carboxylic acids is 1. The summed E-state index contributed by atoms with van der Waals surface area (Å²) in [5, 5.41) is 3.04. The van der Waals surface area contributed by atoms with Crippen LogP contribution in [0.25, 0.3) is 11.0 Å². The Balaban J connectivity index is 1.15. The van der Waals surface area contributed by atoms with E-state index in [1.54, 1.807) is 6.26 Å². The van der Waals surface area contributed by atoms with Gasteiger partial charge in [-0.25, -0.2) is 4.98 Å². The molecule has 1 aliphatic rings. The number of furan rings is 1. The SMILES string of the molecule is O=C(NCCN1CCC(Cc2nc3ccccc3n2Cc2ccco2)CC1)c1ccccc1. The van der Waals surface area contributed by atoms with E-state index in [0.29, 0.717) is 24.6 Å². The zero-order chi connectivity index (χ0) is 22.5. The van der Waals surface area contributed by atoms with Gasteiger partial charge in [-0.2, -0.15) is 0 Å². The number of nitrogens with zero attached hydrogens (tertiary/aromatic N) is 3. The normalized spacial score (nSPS) is 15.2. The number of benzene rings is 2. The molecule has 0 spiro atoms. The van der Waals surface area contributed by atoms with E-state index in [-0.39, 0.29) is 5.91 Å². The molecule has 170 valence electrons. The van der Waals surface area contributed by atoms with Crippen molar-refractivity contribution in [1.82, 2.24) is 19.8 Å². The largest absolute Gasteiger partial charge is 0.467 e. The summed E-state index contributed by atoms with van der Waals surface area (Å²) in [7, 11) is 0. The number of piperidine rings is 1. The monoisotopic (exact) mass is 442 g/mol. The Morgan fingerprint density at radius 3 is 2.58 bits per heavy atom. The lowest BCUT2D eigenvalue weighted by Crippen LogP contribution is -2.40. The molecule has 0 aliphatic carbocycles. The Morgan fingerprint density at radius 2 is 1.79 bits per heavy atom. The molecule has 1 amide bonds. The summed E-state index contributed by atoms with van der Waals surface area (Å²) in [6.07, 6.45) is 5.01. The Kier molecular flexibility index (Phi) is 6.53. The van der Waals surface area contributed by atoms with Crippen LogP contribution in [0.4, 0.5) is 0 Å². The van der Waals surface area contributed by atoms with Gasteiger partial charge in [-0.3, -0.25) is 4.79 Å². The van der Waals surface area contributed by atoms with Crippen molar-refractivity contribution in [3.8, 4) is 0 Å². The summed E-state index contributed by atoms with van der Waals surface area (Å²) in [5.74, 6) is 2.71. The van der Waals surface area contributed by atoms with Crippen LogP contribution in [-0.2, 0) is 13.0 Å². The van der Waals surface area contributed by atoms with Gasteiger partial charge in [0.1, 0.15) is 11.6 Å². The van der Waals surface area contributed by atoms with E-state index in [4.69, 9.17) is 9.40 Å². The first kappa shape index (κ1) is 21.5. The molecule has 3 heterocycles. The van der Waals surface area contributed by atoms with Gasteiger partial charge in [0.2, 0.25) is 0 Å². The standard InChI is InChI=1S/C27H30N4O2/c32-27(22-7-2-1-3-8-22)28-14-17-30-15-12-21(13-16-30)19-26-29-24-10-4-5-11-25(24)31(26)20-23-9-6-18-33-23/h1-11,18,21H,12-17,19-20H2,(H,28,32).